The van der Waals surface area contributed by atoms with Crippen LogP contribution < -0.4 is 0 Å². The van der Waals surface area contributed by atoms with Crippen molar-refractivity contribution in [1.29, 1.82) is 0 Å². The van der Waals surface area contributed by atoms with Crippen LogP contribution in [0.2, 0.25) is 0 Å². The summed E-state index contributed by atoms with van der Waals surface area (Å²) in [5.74, 6) is 2.65. The first-order valence-electron chi connectivity index (χ1n) is 17.7. The Hall–Kier alpha value is -7.02. The minimum atomic E-state index is 1.05. The molecular weight excluding hydrogens is 631 g/mol. The van der Waals surface area contributed by atoms with Gasteiger partial charge in [0.25, 0.3) is 0 Å². The van der Waals surface area contributed by atoms with Crippen LogP contribution in [0.25, 0.3) is 93.6 Å². The quantitative estimate of drug-likeness (QED) is 0.129. The summed E-state index contributed by atoms with van der Waals surface area (Å²) in [7, 11) is 0. The molecule has 0 aliphatic heterocycles. The Balaban J connectivity index is 1.26. The van der Waals surface area contributed by atoms with Gasteiger partial charge in [-0.25, -0.2) is 0 Å². The Morgan fingerprint density at radius 2 is 1.00 bits per heavy atom. The molecule has 0 saturated heterocycles. The molecule has 0 aliphatic rings. The van der Waals surface area contributed by atoms with Gasteiger partial charge in [0.15, 0.2) is 0 Å². The number of fused-ring (bicyclic) bond motifs is 10. The zero-order chi connectivity index (χ0) is 34.8. The van der Waals surface area contributed by atoms with Gasteiger partial charge in [0.05, 0.1) is 33.1 Å². The summed E-state index contributed by atoms with van der Waals surface area (Å²) in [6.45, 7) is 2.05. The molecule has 0 atom stereocenters. The summed E-state index contributed by atoms with van der Waals surface area (Å²) in [5, 5.41) is 7.45. The first kappa shape index (κ1) is 29.9. The highest BCUT2D eigenvalue weighted by Gasteiger charge is 2.21. The van der Waals surface area contributed by atoms with Crippen LogP contribution in [0.5, 0.6) is 0 Å². The SMILES string of the molecule is C#C/C=C\C(=C/C)n1c2ccccc2c2cc(-c3ccc4c5c6c7ccccc7n(-c7ccccc7)c6ccc5n(-c5ccccc5)c4c3)ccc21. The Labute approximate surface area is 301 Å². The van der Waals surface area contributed by atoms with E-state index in [9.17, 15) is 0 Å². The molecule has 0 bridgehead atoms. The third kappa shape index (κ3) is 4.35. The summed E-state index contributed by atoms with van der Waals surface area (Å²) in [5.41, 5.74) is 12.8. The highest BCUT2D eigenvalue weighted by atomic mass is 15.0. The van der Waals surface area contributed by atoms with E-state index in [1.54, 1.807) is 6.08 Å². The molecule has 0 saturated carbocycles. The second-order valence-corrected chi connectivity index (χ2v) is 13.2. The number of benzene rings is 7. The van der Waals surface area contributed by atoms with Gasteiger partial charge in [-0.15, -0.1) is 6.42 Å². The van der Waals surface area contributed by atoms with E-state index in [1.165, 1.54) is 65.5 Å². The Bertz CT molecular complexity index is 3120. The van der Waals surface area contributed by atoms with Gasteiger partial charge >= 0.3 is 0 Å². The van der Waals surface area contributed by atoms with Gasteiger partial charge in [-0.2, -0.15) is 0 Å². The number of allylic oxidation sites excluding steroid dienone is 4. The average molecular weight is 664 g/mol. The molecule has 10 aromatic rings. The average Bonchev–Trinajstić information content (AvgIpc) is 3.84. The van der Waals surface area contributed by atoms with Crippen molar-refractivity contribution in [2.45, 2.75) is 6.92 Å². The second-order valence-electron chi connectivity index (χ2n) is 13.2. The molecule has 3 heterocycles. The van der Waals surface area contributed by atoms with E-state index in [1.807, 2.05) is 6.08 Å². The van der Waals surface area contributed by atoms with Gasteiger partial charge in [0.2, 0.25) is 0 Å². The minimum absolute atomic E-state index is 1.05. The first-order valence-corrected chi connectivity index (χ1v) is 17.7. The molecule has 0 radical (unpaired) electrons. The molecule has 10 rings (SSSR count). The topological polar surface area (TPSA) is 14.8 Å². The third-order valence-electron chi connectivity index (χ3n) is 10.5. The fourth-order valence-electron chi connectivity index (χ4n) is 8.32. The van der Waals surface area contributed by atoms with Crippen LogP contribution >= 0.6 is 0 Å². The van der Waals surface area contributed by atoms with Gasteiger partial charge in [-0.3, -0.25) is 0 Å². The predicted octanol–water partition coefficient (Wildman–Crippen LogP) is 12.7. The lowest BCUT2D eigenvalue weighted by molar-refractivity contribution is 1.17. The summed E-state index contributed by atoms with van der Waals surface area (Å²) < 4.78 is 7.13. The summed E-state index contributed by atoms with van der Waals surface area (Å²) in [6, 6.07) is 57.3. The fraction of sp³-hybridized carbons (Fsp3) is 0.0204. The van der Waals surface area contributed by atoms with E-state index in [0.717, 1.165) is 28.1 Å². The second kappa shape index (κ2) is 11.8. The molecule has 52 heavy (non-hydrogen) atoms. The van der Waals surface area contributed by atoms with Crippen LogP contribution in [0.4, 0.5) is 0 Å². The highest BCUT2D eigenvalue weighted by molar-refractivity contribution is 6.29. The molecule has 3 aromatic heterocycles. The molecule has 0 fully saturated rings. The van der Waals surface area contributed by atoms with Crippen LogP contribution in [0.15, 0.2) is 176 Å². The van der Waals surface area contributed by atoms with E-state index in [4.69, 9.17) is 6.42 Å². The number of para-hydroxylation sites is 4. The Kier molecular flexibility index (Phi) is 6.77. The Morgan fingerprint density at radius 1 is 0.481 bits per heavy atom. The predicted molar refractivity (Wildman–Crippen MR) is 221 cm³/mol. The van der Waals surface area contributed by atoms with Crippen LogP contribution in [0.1, 0.15) is 6.92 Å². The largest absolute Gasteiger partial charge is 0.310 e. The van der Waals surface area contributed by atoms with Crippen LogP contribution in [-0.4, -0.2) is 13.7 Å². The molecular formula is C49H33N3. The van der Waals surface area contributed by atoms with Crippen molar-refractivity contribution in [3.8, 4) is 34.8 Å². The van der Waals surface area contributed by atoms with Gasteiger partial charge in [-0.05, 0) is 96.9 Å². The van der Waals surface area contributed by atoms with Gasteiger partial charge in [0.1, 0.15) is 0 Å². The molecule has 0 unspecified atom stereocenters. The summed E-state index contributed by atoms with van der Waals surface area (Å²) in [4.78, 5) is 0. The number of terminal acetylenes is 1. The van der Waals surface area contributed by atoms with Gasteiger partial charge in [-0.1, -0.05) is 103 Å². The lowest BCUT2D eigenvalue weighted by atomic mass is 10.00. The van der Waals surface area contributed by atoms with E-state index in [0.29, 0.717) is 0 Å². The van der Waals surface area contributed by atoms with E-state index in [2.05, 4.69) is 190 Å². The maximum atomic E-state index is 5.61. The first-order chi connectivity index (χ1) is 25.7. The van der Waals surface area contributed by atoms with Gasteiger partial charge in [0, 0.05) is 49.4 Å². The van der Waals surface area contributed by atoms with Crippen molar-refractivity contribution >= 4 is 71.1 Å². The third-order valence-corrected chi connectivity index (χ3v) is 10.5. The van der Waals surface area contributed by atoms with Crippen molar-refractivity contribution in [3.63, 3.8) is 0 Å². The number of hydrogen-bond donors (Lipinski definition) is 0. The van der Waals surface area contributed by atoms with Crippen molar-refractivity contribution < 1.29 is 0 Å². The zero-order valence-electron chi connectivity index (χ0n) is 28.7. The van der Waals surface area contributed by atoms with E-state index >= 15 is 0 Å². The van der Waals surface area contributed by atoms with Crippen molar-refractivity contribution in [1.82, 2.24) is 13.7 Å². The molecule has 244 valence electrons. The van der Waals surface area contributed by atoms with E-state index in [-0.39, 0.29) is 0 Å². The van der Waals surface area contributed by atoms with Crippen LogP contribution in [-0.2, 0) is 0 Å². The van der Waals surface area contributed by atoms with Gasteiger partial charge < -0.3 is 13.7 Å². The monoisotopic (exact) mass is 663 g/mol. The maximum Gasteiger partial charge on any atom is 0.0548 e. The molecule has 0 N–H and O–H groups in total. The molecule has 3 nitrogen and oxygen atoms in total. The number of aromatic nitrogens is 3. The lowest BCUT2D eigenvalue weighted by Crippen LogP contribution is -1.95. The zero-order valence-corrected chi connectivity index (χ0v) is 28.7. The maximum absolute atomic E-state index is 5.61. The van der Waals surface area contributed by atoms with Crippen LogP contribution in [0, 0.1) is 12.3 Å². The van der Waals surface area contributed by atoms with E-state index < -0.39 is 0 Å². The number of rotatable bonds is 5. The lowest BCUT2D eigenvalue weighted by Gasteiger charge is -2.10. The summed E-state index contributed by atoms with van der Waals surface area (Å²) in [6.07, 6.45) is 11.5. The van der Waals surface area contributed by atoms with Crippen molar-refractivity contribution in [2.24, 2.45) is 0 Å². The molecule has 0 aliphatic carbocycles. The standard InChI is InChI=1S/C49H33N3/c1-3-5-16-35(4-2)50-42-23-14-12-21-38(42)41-31-33(26-28-44(41)50)34-25-27-40-47(32-34)52(37-19-10-7-11-20-37)46-30-29-45-48(49(40)46)39-22-13-15-24-43(39)51(45)36-17-8-6-9-18-36/h1,4-32H,2H3/b16-5-,35-4+. The van der Waals surface area contributed by atoms with Crippen molar-refractivity contribution in [2.75, 3.05) is 0 Å². The molecule has 7 aromatic carbocycles. The molecule has 0 spiro atoms. The number of nitrogens with zero attached hydrogens (tertiary/aromatic N) is 3. The Morgan fingerprint density at radius 3 is 1.67 bits per heavy atom. The molecule has 3 heteroatoms. The fourth-order valence-corrected chi connectivity index (χ4v) is 8.32. The summed E-state index contributed by atoms with van der Waals surface area (Å²) >= 11 is 0. The number of hydrogen-bond acceptors (Lipinski definition) is 0. The normalized spacial score (nSPS) is 12.3. The highest BCUT2D eigenvalue weighted by Crippen LogP contribution is 2.43. The minimum Gasteiger partial charge on any atom is -0.310 e. The molecule has 0 amide bonds. The smallest absolute Gasteiger partial charge is 0.0548 e. The van der Waals surface area contributed by atoms with Crippen molar-refractivity contribution in [3.05, 3.63) is 176 Å². The van der Waals surface area contributed by atoms with Crippen LogP contribution in [0.3, 0.4) is 0 Å².